The average molecular weight is 1040 g/mol. The lowest BCUT2D eigenvalue weighted by Gasteiger charge is -2.46. The summed E-state index contributed by atoms with van der Waals surface area (Å²) in [6.45, 7) is 2.80. The third-order valence-electron chi connectivity index (χ3n) is 15.2. The molecule has 4 unspecified atom stereocenters. The molecule has 0 bridgehead atoms. The normalized spacial score (nSPS) is 25.4. The number of aliphatic hydroxyl groups excluding tert-OH is 8. The van der Waals surface area contributed by atoms with Crippen molar-refractivity contribution >= 4 is 5.91 Å². The van der Waals surface area contributed by atoms with Gasteiger partial charge in [0.1, 0.15) is 48.8 Å². The first-order valence-corrected chi connectivity index (χ1v) is 30.4. The van der Waals surface area contributed by atoms with Crippen LogP contribution in [-0.2, 0) is 23.7 Å². The highest BCUT2D eigenvalue weighted by molar-refractivity contribution is 5.76. The summed E-state index contributed by atoms with van der Waals surface area (Å²) >= 11 is 0. The molecule has 14 heteroatoms. The maximum atomic E-state index is 13.2. The van der Waals surface area contributed by atoms with Crippen LogP contribution in [0.25, 0.3) is 0 Å². The molecule has 2 aliphatic rings. The van der Waals surface area contributed by atoms with E-state index in [1.165, 1.54) is 199 Å². The quantitative estimate of drug-likeness (QED) is 0.0204. The van der Waals surface area contributed by atoms with Gasteiger partial charge in [-0.1, -0.05) is 251 Å². The highest BCUT2D eigenvalue weighted by atomic mass is 16.7. The predicted octanol–water partition coefficient (Wildman–Crippen LogP) is 10.3. The summed E-state index contributed by atoms with van der Waals surface area (Å²) in [5.74, 6) is -0.235. The monoisotopic (exact) mass is 1040 g/mol. The molecule has 432 valence electrons. The number of carbonyl (C=O) groups is 1. The van der Waals surface area contributed by atoms with Crippen LogP contribution in [0.4, 0.5) is 0 Å². The number of nitrogens with one attached hydrogen (secondary N) is 1. The Morgan fingerprint density at radius 2 is 0.849 bits per heavy atom. The lowest BCUT2D eigenvalue weighted by Crippen LogP contribution is -2.65. The zero-order chi connectivity index (χ0) is 53.2. The van der Waals surface area contributed by atoms with Crippen molar-refractivity contribution in [1.82, 2.24) is 5.32 Å². The van der Waals surface area contributed by atoms with E-state index in [-0.39, 0.29) is 18.9 Å². The van der Waals surface area contributed by atoms with E-state index < -0.39 is 86.8 Å². The maximum Gasteiger partial charge on any atom is 0.220 e. The van der Waals surface area contributed by atoms with Gasteiger partial charge in [0.25, 0.3) is 0 Å². The summed E-state index contributed by atoms with van der Waals surface area (Å²) < 4.78 is 22.7. The molecule has 9 N–H and O–H groups in total. The van der Waals surface area contributed by atoms with Crippen LogP contribution in [0.1, 0.15) is 264 Å². The van der Waals surface area contributed by atoms with E-state index in [9.17, 15) is 45.6 Å². The van der Waals surface area contributed by atoms with E-state index in [4.69, 9.17) is 18.9 Å². The molecule has 0 saturated carbocycles. The van der Waals surface area contributed by atoms with Crippen molar-refractivity contribution in [2.24, 2.45) is 0 Å². The first kappa shape index (κ1) is 67.8. The Morgan fingerprint density at radius 3 is 1.26 bits per heavy atom. The summed E-state index contributed by atoms with van der Waals surface area (Å²) in [5.41, 5.74) is 0. The van der Waals surface area contributed by atoms with Crippen LogP contribution in [-0.4, -0.2) is 140 Å². The van der Waals surface area contributed by atoms with Gasteiger partial charge in [0.2, 0.25) is 5.91 Å². The number of hydrogen-bond donors (Lipinski definition) is 9. The fraction of sp³-hybridized carbons (Fsp3) is 0.949. The first-order valence-electron chi connectivity index (χ1n) is 30.4. The van der Waals surface area contributed by atoms with E-state index in [1.54, 1.807) is 6.08 Å². The SMILES string of the molecule is CCCCCCCCCCC/C=C/[C@@H](O)[C@H](CO[C@@H]1O[C@H](CO)[C@@H](O[C@@H]2O[C@H](CO)[C@H](O)C(O)C2O)C(O)C1O)NC(=O)CCCCCCCCCCCCCCCCCCCCCCCCCCCCCC. The number of aliphatic hydroxyl groups is 8. The van der Waals surface area contributed by atoms with E-state index in [2.05, 4.69) is 19.2 Å². The van der Waals surface area contributed by atoms with Crippen molar-refractivity contribution in [3.05, 3.63) is 12.2 Å². The number of amides is 1. The predicted molar refractivity (Wildman–Crippen MR) is 291 cm³/mol. The standard InChI is InChI=1S/C59H113NO13/c1-3-5-7-9-11-13-15-16-17-18-19-20-21-22-23-24-25-26-27-28-29-30-31-33-35-37-39-41-43-51(64)60-47(48(63)42-40-38-36-34-32-14-12-10-8-6-4-2)46-70-58-56(69)54(67)57(50(45-62)72-58)73-59-55(68)53(66)52(65)49(44-61)71-59/h40,42,47-50,52-59,61-63,65-69H,3-39,41,43-46H2,1-2H3,(H,60,64)/b42-40+/t47-,48+,49+,50+,52-,53?,54?,55?,56?,57+,58+,59-/m0/s1. The minimum Gasteiger partial charge on any atom is -0.394 e. The largest absolute Gasteiger partial charge is 0.394 e. The molecule has 2 saturated heterocycles. The molecule has 73 heavy (non-hydrogen) atoms. The van der Waals surface area contributed by atoms with Crippen LogP contribution >= 0.6 is 0 Å². The van der Waals surface area contributed by atoms with E-state index in [0.29, 0.717) is 6.42 Å². The molecule has 0 aromatic heterocycles. The van der Waals surface area contributed by atoms with Crippen molar-refractivity contribution in [1.29, 1.82) is 0 Å². The van der Waals surface area contributed by atoms with Gasteiger partial charge in [-0.15, -0.1) is 0 Å². The van der Waals surface area contributed by atoms with Crippen molar-refractivity contribution in [3.8, 4) is 0 Å². The molecule has 2 heterocycles. The summed E-state index contributed by atoms with van der Waals surface area (Å²) in [6, 6.07) is -0.908. The third kappa shape index (κ3) is 31.7. The minimum absolute atomic E-state index is 0.235. The van der Waals surface area contributed by atoms with Crippen LogP contribution in [0.3, 0.4) is 0 Å². The third-order valence-corrected chi connectivity index (χ3v) is 15.2. The molecule has 1 amide bonds. The van der Waals surface area contributed by atoms with Gasteiger partial charge in [-0.3, -0.25) is 4.79 Å². The molecular weight excluding hydrogens is 931 g/mol. The van der Waals surface area contributed by atoms with Crippen LogP contribution in [0, 0.1) is 0 Å². The molecule has 0 radical (unpaired) electrons. The van der Waals surface area contributed by atoms with Gasteiger partial charge >= 0.3 is 0 Å². The fourth-order valence-electron chi connectivity index (χ4n) is 10.3. The Kier molecular flexibility index (Phi) is 42.5. The Hall–Kier alpha value is -1.27. The molecule has 14 nitrogen and oxygen atoms in total. The summed E-state index contributed by atoms with van der Waals surface area (Å²) in [7, 11) is 0. The average Bonchev–Trinajstić information content (AvgIpc) is 3.39. The van der Waals surface area contributed by atoms with Gasteiger partial charge in [0, 0.05) is 6.42 Å². The van der Waals surface area contributed by atoms with E-state index in [1.807, 2.05) is 6.08 Å². The molecule has 0 aromatic carbocycles. The zero-order valence-electron chi connectivity index (χ0n) is 46.4. The van der Waals surface area contributed by atoms with Crippen molar-refractivity contribution < 1.29 is 64.6 Å². The molecule has 0 aliphatic carbocycles. The van der Waals surface area contributed by atoms with Gasteiger partial charge < -0.3 is 65.1 Å². The van der Waals surface area contributed by atoms with Crippen molar-refractivity contribution in [3.63, 3.8) is 0 Å². The Bertz CT molecular complexity index is 1280. The molecule has 2 fully saturated rings. The molecular formula is C59H113NO13. The minimum atomic E-state index is -1.78. The highest BCUT2D eigenvalue weighted by Gasteiger charge is 2.51. The number of ether oxygens (including phenoxy) is 4. The number of hydrogen-bond acceptors (Lipinski definition) is 13. The second-order valence-corrected chi connectivity index (χ2v) is 21.8. The van der Waals surface area contributed by atoms with Crippen molar-refractivity contribution in [2.45, 2.75) is 338 Å². The number of unbranched alkanes of at least 4 members (excludes halogenated alkanes) is 36. The smallest absolute Gasteiger partial charge is 0.220 e. The van der Waals surface area contributed by atoms with Gasteiger partial charge in [-0.05, 0) is 19.3 Å². The Balaban J connectivity index is 1.65. The molecule has 0 aromatic rings. The number of allylic oxidation sites excluding steroid dienone is 1. The van der Waals surface area contributed by atoms with Gasteiger partial charge in [0.15, 0.2) is 12.6 Å². The van der Waals surface area contributed by atoms with Crippen LogP contribution in [0.15, 0.2) is 12.2 Å². The van der Waals surface area contributed by atoms with Gasteiger partial charge in [-0.2, -0.15) is 0 Å². The first-order chi connectivity index (χ1) is 35.6. The second kappa shape index (κ2) is 45.7. The van der Waals surface area contributed by atoms with Gasteiger partial charge in [-0.25, -0.2) is 0 Å². The lowest BCUT2D eigenvalue weighted by molar-refractivity contribution is -0.359. The van der Waals surface area contributed by atoms with Crippen LogP contribution in [0.5, 0.6) is 0 Å². The second-order valence-electron chi connectivity index (χ2n) is 21.8. The summed E-state index contributed by atoms with van der Waals surface area (Å²) in [4.78, 5) is 13.2. The number of rotatable bonds is 49. The Morgan fingerprint density at radius 1 is 0.479 bits per heavy atom. The zero-order valence-corrected chi connectivity index (χ0v) is 46.4. The summed E-state index contributed by atoms with van der Waals surface area (Å²) in [6.07, 6.45) is 35.6. The fourth-order valence-corrected chi connectivity index (χ4v) is 10.3. The highest BCUT2D eigenvalue weighted by Crippen LogP contribution is 2.30. The van der Waals surface area contributed by atoms with Crippen LogP contribution in [0.2, 0.25) is 0 Å². The number of carbonyl (C=O) groups excluding carboxylic acids is 1. The van der Waals surface area contributed by atoms with Gasteiger partial charge in [0.05, 0.1) is 32.0 Å². The summed E-state index contributed by atoms with van der Waals surface area (Å²) in [5, 5.41) is 86.9. The maximum absolute atomic E-state index is 13.2. The Labute approximate surface area is 444 Å². The van der Waals surface area contributed by atoms with E-state index in [0.717, 1.165) is 38.5 Å². The molecule has 0 spiro atoms. The topological polar surface area (TPSA) is 228 Å². The van der Waals surface area contributed by atoms with E-state index >= 15 is 0 Å². The lowest BCUT2D eigenvalue weighted by atomic mass is 9.97. The molecule has 2 rings (SSSR count). The molecule has 2 aliphatic heterocycles. The molecule has 12 atom stereocenters. The van der Waals surface area contributed by atoms with Crippen molar-refractivity contribution in [2.75, 3.05) is 19.8 Å². The van der Waals surface area contributed by atoms with Crippen LogP contribution < -0.4 is 5.32 Å².